The lowest BCUT2D eigenvalue weighted by Gasteiger charge is -2.22. The molecule has 110 valence electrons. The van der Waals surface area contributed by atoms with Crippen LogP contribution in [0.5, 0.6) is 0 Å². The molecule has 2 rings (SSSR count). The van der Waals surface area contributed by atoms with Gasteiger partial charge in [-0.3, -0.25) is 4.79 Å². The third-order valence-electron chi connectivity index (χ3n) is 3.63. The van der Waals surface area contributed by atoms with Gasteiger partial charge >= 0.3 is 5.97 Å². The first-order chi connectivity index (χ1) is 9.45. The van der Waals surface area contributed by atoms with Crippen molar-refractivity contribution >= 4 is 19.2 Å². The average molecular weight is 292 g/mol. The minimum atomic E-state index is -1.26. The second kappa shape index (κ2) is 6.55. The molecule has 0 radical (unpaired) electrons. The maximum Gasteiger partial charge on any atom is 0.310 e. The van der Waals surface area contributed by atoms with E-state index >= 15 is 0 Å². The van der Waals surface area contributed by atoms with E-state index in [0.717, 1.165) is 18.4 Å². The van der Waals surface area contributed by atoms with Crippen molar-refractivity contribution in [2.24, 2.45) is 0 Å². The van der Waals surface area contributed by atoms with E-state index in [1.54, 1.807) is 0 Å². The molecule has 3 nitrogen and oxygen atoms in total. The third-order valence-corrected chi connectivity index (χ3v) is 5.70. The van der Waals surface area contributed by atoms with Gasteiger partial charge in [-0.1, -0.05) is 49.1 Å². The molecule has 0 saturated carbocycles. The van der Waals surface area contributed by atoms with E-state index in [1.165, 1.54) is 5.19 Å². The van der Waals surface area contributed by atoms with Crippen LogP contribution < -0.4 is 5.19 Å². The summed E-state index contributed by atoms with van der Waals surface area (Å²) in [5.74, 6) is -0.127. The predicted molar refractivity (Wildman–Crippen MR) is 83.1 cm³/mol. The van der Waals surface area contributed by atoms with Crippen LogP contribution in [0.25, 0.3) is 0 Å². The summed E-state index contributed by atoms with van der Waals surface area (Å²) in [6, 6.07) is 8.42. The lowest BCUT2D eigenvalue weighted by molar-refractivity contribution is -0.152. The molecule has 0 unspecified atom stereocenters. The molecule has 0 bridgehead atoms. The molecule has 20 heavy (non-hydrogen) atoms. The molecule has 1 heterocycles. The molecule has 1 aromatic carbocycles. The Morgan fingerprint density at radius 2 is 1.80 bits per heavy atom. The molecule has 1 aliphatic rings. The summed E-state index contributed by atoms with van der Waals surface area (Å²) in [7, 11) is -1.26. The van der Waals surface area contributed by atoms with Crippen molar-refractivity contribution in [2.45, 2.75) is 45.0 Å². The number of esters is 1. The van der Waals surface area contributed by atoms with Crippen molar-refractivity contribution in [3.63, 3.8) is 0 Å². The van der Waals surface area contributed by atoms with Gasteiger partial charge in [-0.25, -0.2) is 0 Å². The first-order valence-corrected chi connectivity index (χ1v) is 10.8. The van der Waals surface area contributed by atoms with E-state index in [1.807, 2.05) is 0 Å². The molecular weight excluding hydrogens is 268 g/mol. The molecule has 1 fully saturated rings. The summed E-state index contributed by atoms with van der Waals surface area (Å²) in [6.07, 6.45) is 2.04. The van der Waals surface area contributed by atoms with Gasteiger partial charge in [-0.15, -0.1) is 0 Å². The first kappa shape index (κ1) is 15.3. The highest BCUT2D eigenvalue weighted by atomic mass is 28.3. The van der Waals surface area contributed by atoms with Gasteiger partial charge in [-0.2, -0.15) is 0 Å². The number of hydrogen-bond acceptors (Lipinski definition) is 3. The first-order valence-electron chi connectivity index (χ1n) is 7.32. The Morgan fingerprint density at radius 1 is 1.20 bits per heavy atom. The van der Waals surface area contributed by atoms with Crippen LogP contribution in [-0.4, -0.2) is 33.4 Å². The van der Waals surface area contributed by atoms with Gasteiger partial charge in [0.25, 0.3) is 0 Å². The fourth-order valence-corrected chi connectivity index (χ4v) is 3.48. The van der Waals surface area contributed by atoms with Crippen molar-refractivity contribution in [1.29, 1.82) is 0 Å². The number of rotatable bonds is 4. The van der Waals surface area contributed by atoms with E-state index < -0.39 is 8.07 Å². The topological polar surface area (TPSA) is 35.5 Å². The molecule has 0 N–H and O–H groups in total. The third kappa shape index (κ3) is 4.46. The molecule has 1 aliphatic heterocycles. The van der Waals surface area contributed by atoms with Crippen molar-refractivity contribution < 1.29 is 14.3 Å². The number of carbonyl (C=O) groups excluding carboxylic acids is 1. The molecule has 0 spiro atoms. The van der Waals surface area contributed by atoms with Gasteiger partial charge in [-0.05, 0) is 5.56 Å². The Kier molecular flexibility index (Phi) is 4.99. The van der Waals surface area contributed by atoms with Gasteiger partial charge in [0.05, 0.1) is 27.7 Å². The second-order valence-electron chi connectivity index (χ2n) is 6.43. The molecule has 0 amide bonds. The van der Waals surface area contributed by atoms with Gasteiger partial charge in [0.2, 0.25) is 0 Å². The van der Waals surface area contributed by atoms with E-state index in [2.05, 4.69) is 43.9 Å². The minimum absolute atomic E-state index is 0.0394. The zero-order valence-electron chi connectivity index (χ0n) is 12.6. The summed E-state index contributed by atoms with van der Waals surface area (Å²) >= 11 is 0. The summed E-state index contributed by atoms with van der Waals surface area (Å²) in [6.45, 7) is 8.36. The lowest BCUT2D eigenvalue weighted by atomic mass is 10.1. The van der Waals surface area contributed by atoms with Crippen LogP contribution in [0.3, 0.4) is 0 Å². The molecule has 4 heteroatoms. The van der Waals surface area contributed by atoms with E-state index in [-0.39, 0.29) is 12.1 Å². The summed E-state index contributed by atoms with van der Waals surface area (Å²) < 4.78 is 10.7. The van der Waals surface area contributed by atoms with E-state index in [9.17, 15) is 4.79 Å². The largest absolute Gasteiger partial charge is 0.462 e. The Balaban J connectivity index is 1.87. The smallest absolute Gasteiger partial charge is 0.310 e. The Bertz CT molecular complexity index is 442. The molecule has 1 saturated heterocycles. The highest BCUT2D eigenvalue weighted by Gasteiger charge is 2.19. The summed E-state index contributed by atoms with van der Waals surface area (Å²) in [5, 5.41) is 1.42. The monoisotopic (exact) mass is 292 g/mol. The SMILES string of the molecule is C[Si](C)(C)c1ccc(CC(=O)OC2CCOCC2)cc1. The van der Waals surface area contributed by atoms with Crippen LogP contribution in [0.1, 0.15) is 18.4 Å². The average Bonchev–Trinajstić information content (AvgIpc) is 2.39. The number of ether oxygens (including phenoxy) is 2. The maximum atomic E-state index is 11.9. The fourth-order valence-electron chi connectivity index (χ4n) is 2.31. The van der Waals surface area contributed by atoms with E-state index in [0.29, 0.717) is 19.6 Å². The normalized spacial score (nSPS) is 16.9. The standard InChI is InChI=1S/C16H24O3Si/c1-20(2,3)15-6-4-13(5-7-15)12-16(17)19-14-8-10-18-11-9-14/h4-7,14H,8-12H2,1-3H3. The highest BCUT2D eigenvalue weighted by molar-refractivity contribution is 6.88. The number of carbonyl (C=O) groups is 1. The van der Waals surface area contributed by atoms with E-state index in [4.69, 9.17) is 9.47 Å². The van der Waals surface area contributed by atoms with Gasteiger partial charge in [0.1, 0.15) is 6.10 Å². The molecular formula is C16H24O3Si. The number of hydrogen-bond donors (Lipinski definition) is 0. The molecule has 0 aliphatic carbocycles. The van der Waals surface area contributed by atoms with Crippen molar-refractivity contribution in [3.05, 3.63) is 29.8 Å². The zero-order chi connectivity index (χ0) is 14.6. The highest BCUT2D eigenvalue weighted by Crippen LogP contribution is 2.12. The minimum Gasteiger partial charge on any atom is -0.462 e. The van der Waals surface area contributed by atoms with Crippen LogP contribution in [0, 0.1) is 0 Å². The summed E-state index contributed by atoms with van der Waals surface area (Å²) in [5.41, 5.74) is 1.03. The van der Waals surface area contributed by atoms with Crippen molar-refractivity contribution in [1.82, 2.24) is 0 Å². The Labute approximate surface area is 122 Å². The molecule has 0 atom stereocenters. The number of benzene rings is 1. The predicted octanol–water partition coefficient (Wildman–Crippen LogP) is 2.50. The van der Waals surface area contributed by atoms with Crippen molar-refractivity contribution in [3.8, 4) is 0 Å². The zero-order valence-corrected chi connectivity index (χ0v) is 13.6. The van der Waals surface area contributed by atoms with Crippen LogP contribution in [-0.2, 0) is 20.7 Å². The summed E-state index contributed by atoms with van der Waals surface area (Å²) in [4.78, 5) is 11.9. The maximum absolute atomic E-state index is 11.9. The van der Waals surface area contributed by atoms with Crippen molar-refractivity contribution in [2.75, 3.05) is 13.2 Å². The second-order valence-corrected chi connectivity index (χ2v) is 11.5. The fraction of sp³-hybridized carbons (Fsp3) is 0.562. The van der Waals surface area contributed by atoms with Crippen LogP contribution in [0.4, 0.5) is 0 Å². The van der Waals surface area contributed by atoms with Crippen LogP contribution >= 0.6 is 0 Å². The molecule has 1 aromatic rings. The van der Waals surface area contributed by atoms with Gasteiger partial charge in [0.15, 0.2) is 0 Å². The Morgan fingerprint density at radius 3 is 2.35 bits per heavy atom. The molecule has 0 aromatic heterocycles. The lowest BCUT2D eigenvalue weighted by Crippen LogP contribution is -2.37. The van der Waals surface area contributed by atoms with Crippen LogP contribution in [0.15, 0.2) is 24.3 Å². The van der Waals surface area contributed by atoms with Gasteiger partial charge in [0, 0.05) is 12.8 Å². The quantitative estimate of drug-likeness (QED) is 0.632. The van der Waals surface area contributed by atoms with Crippen LogP contribution in [0.2, 0.25) is 19.6 Å². The Hall–Kier alpha value is -1.13. The van der Waals surface area contributed by atoms with Gasteiger partial charge < -0.3 is 9.47 Å².